The lowest BCUT2D eigenvalue weighted by Crippen LogP contribution is -2.43. The van der Waals surface area contributed by atoms with Gasteiger partial charge in [0.2, 0.25) is 11.8 Å². The maximum atomic E-state index is 12.5. The Hall–Kier alpha value is -2.33. The molecule has 0 spiro atoms. The number of benzene rings is 2. The van der Waals surface area contributed by atoms with Gasteiger partial charge < -0.3 is 10.6 Å². The number of carbonyl (C=O) groups excluding carboxylic acids is 2. The van der Waals surface area contributed by atoms with Gasteiger partial charge in [0.25, 0.3) is 0 Å². The molecule has 0 saturated heterocycles. The predicted molar refractivity (Wildman–Crippen MR) is 103 cm³/mol. The first-order chi connectivity index (χ1) is 12.5. The first-order valence-corrected chi connectivity index (χ1v) is 9.24. The zero-order chi connectivity index (χ0) is 18.6. The lowest BCUT2D eigenvalue weighted by atomic mass is 10.0. The highest BCUT2D eigenvalue weighted by Gasteiger charge is 2.56. The van der Waals surface area contributed by atoms with Gasteiger partial charge in [-0.2, -0.15) is 0 Å². The van der Waals surface area contributed by atoms with Crippen molar-refractivity contribution in [2.24, 2.45) is 5.41 Å². The molecule has 4 nitrogen and oxygen atoms in total. The van der Waals surface area contributed by atoms with Gasteiger partial charge in [0.05, 0.1) is 0 Å². The normalized spacial score (nSPS) is 14.5. The Bertz CT molecular complexity index is 781. The third-order valence-electron chi connectivity index (χ3n) is 4.81. The van der Waals surface area contributed by atoms with Gasteiger partial charge in [-0.1, -0.05) is 53.6 Å². The average molecular weight is 371 g/mol. The molecule has 1 saturated carbocycles. The molecule has 0 aliphatic heterocycles. The number of rotatable bonds is 7. The maximum Gasteiger partial charge on any atom is 0.235 e. The van der Waals surface area contributed by atoms with Crippen LogP contribution in [0.3, 0.4) is 0 Å². The monoisotopic (exact) mass is 370 g/mol. The summed E-state index contributed by atoms with van der Waals surface area (Å²) in [6, 6.07) is 15.5. The van der Waals surface area contributed by atoms with Crippen LogP contribution in [0.5, 0.6) is 0 Å². The van der Waals surface area contributed by atoms with E-state index in [2.05, 4.69) is 10.6 Å². The van der Waals surface area contributed by atoms with Crippen LogP contribution in [-0.2, 0) is 22.6 Å². The number of hydrogen-bond donors (Lipinski definition) is 2. The number of halogens is 1. The standard InChI is InChI=1S/C21H23ClN2O2/c1-15-2-4-17(5-3-15)14-24-20(26)21(11-12-21)19(25)23-13-10-16-6-8-18(22)9-7-16/h2-9H,10-14H2,1H3,(H,23,25)(H,24,26). The zero-order valence-corrected chi connectivity index (χ0v) is 15.6. The summed E-state index contributed by atoms with van der Waals surface area (Å²) < 4.78 is 0. The third-order valence-corrected chi connectivity index (χ3v) is 5.06. The molecule has 0 heterocycles. The number of amides is 2. The molecule has 0 unspecified atom stereocenters. The highest BCUT2D eigenvalue weighted by Crippen LogP contribution is 2.46. The first-order valence-electron chi connectivity index (χ1n) is 8.86. The molecule has 136 valence electrons. The minimum Gasteiger partial charge on any atom is -0.355 e. The van der Waals surface area contributed by atoms with Crippen LogP contribution in [0.4, 0.5) is 0 Å². The van der Waals surface area contributed by atoms with E-state index in [-0.39, 0.29) is 11.8 Å². The van der Waals surface area contributed by atoms with Gasteiger partial charge in [-0.15, -0.1) is 0 Å². The summed E-state index contributed by atoms with van der Waals surface area (Å²) in [4.78, 5) is 25.0. The van der Waals surface area contributed by atoms with Crippen LogP contribution in [-0.4, -0.2) is 18.4 Å². The molecule has 5 heteroatoms. The minimum absolute atomic E-state index is 0.173. The summed E-state index contributed by atoms with van der Waals surface area (Å²) in [6.07, 6.45) is 1.93. The zero-order valence-electron chi connectivity index (χ0n) is 14.8. The van der Waals surface area contributed by atoms with Crippen molar-refractivity contribution >= 4 is 23.4 Å². The van der Waals surface area contributed by atoms with Crippen molar-refractivity contribution < 1.29 is 9.59 Å². The van der Waals surface area contributed by atoms with Crippen LogP contribution in [0.2, 0.25) is 5.02 Å². The van der Waals surface area contributed by atoms with Crippen LogP contribution >= 0.6 is 11.6 Å². The van der Waals surface area contributed by atoms with E-state index in [9.17, 15) is 9.59 Å². The van der Waals surface area contributed by atoms with Gasteiger partial charge in [-0.05, 0) is 49.4 Å². The topological polar surface area (TPSA) is 58.2 Å². The second kappa shape index (κ2) is 7.92. The van der Waals surface area contributed by atoms with E-state index in [0.717, 1.165) is 11.1 Å². The lowest BCUT2D eigenvalue weighted by Gasteiger charge is -2.15. The highest BCUT2D eigenvalue weighted by molar-refractivity contribution is 6.30. The predicted octanol–water partition coefficient (Wildman–Crippen LogP) is 3.40. The summed E-state index contributed by atoms with van der Waals surface area (Å²) in [7, 11) is 0. The van der Waals surface area contributed by atoms with Crippen molar-refractivity contribution in [3.8, 4) is 0 Å². The molecule has 26 heavy (non-hydrogen) atoms. The molecule has 2 amide bonds. The number of carbonyl (C=O) groups is 2. The Morgan fingerprint density at radius 1 is 0.923 bits per heavy atom. The van der Waals surface area contributed by atoms with Crippen molar-refractivity contribution in [2.75, 3.05) is 6.54 Å². The van der Waals surface area contributed by atoms with Crippen LogP contribution in [0.25, 0.3) is 0 Å². The van der Waals surface area contributed by atoms with E-state index in [4.69, 9.17) is 11.6 Å². The lowest BCUT2D eigenvalue weighted by molar-refractivity contribution is -0.137. The van der Waals surface area contributed by atoms with Crippen LogP contribution in [0, 0.1) is 12.3 Å². The Labute approximate surface area is 158 Å². The number of aryl methyl sites for hydroxylation is 1. The maximum absolute atomic E-state index is 12.5. The smallest absolute Gasteiger partial charge is 0.235 e. The Kier molecular flexibility index (Phi) is 5.62. The summed E-state index contributed by atoms with van der Waals surface area (Å²) in [6.45, 7) is 2.97. The van der Waals surface area contributed by atoms with Gasteiger partial charge in [0, 0.05) is 18.1 Å². The van der Waals surface area contributed by atoms with Gasteiger partial charge in [-0.25, -0.2) is 0 Å². The van der Waals surface area contributed by atoms with E-state index in [1.54, 1.807) is 0 Å². The van der Waals surface area contributed by atoms with Crippen molar-refractivity contribution in [2.45, 2.75) is 32.7 Å². The SMILES string of the molecule is Cc1ccc(CNC(=O)C2(C(=O)NCCc3ccc(Cl)cc3)CC2)cc1. The summed E-state index contributed by atoms with van der Waals surface area (Å²) in [5, 5.41) is 6.50. The molecule has 0 atom stereocenters. The molecule has 3 rings (SSSR count). The molecular formula is C21H23ClN2O2. The van der Waals surface area contributed by atoms with E-state index in [0.29, 0.717) is 37.4 Å². The van der Waals surface area contributed by atoms with Crippen molar-refractivity contribution in [3.05, 3.63) is 70.2 Å². The molecule has 1 aliphatic rings. The van der Waals surface area contributed by atoms with Gasteiger partial charge >= 0.3 is 0 Å². The van der Waals surface area contributed by atoms with Crippen LogP contribution in [0.15, 0.2) is 48.5 Å². The van der Waals surface area contributed by atoms with Gasteiger partial charge in [0.1, 0.15) is 5.41 Å². The fourth-order valence-electron chi connectivity index (χ4n) is 2.88. The largest absolute Gasteiger partial charge is 0.355 e. The fourth-order valence-corrected chi connectivity index (χ4v) is 3.01. The van der Waals surface area contributed by atoms with E-state index < -0.39 is 5.41 Å². The highest BCUT2D eigenvalue weighted by atomic mass is 35.5. The number of nitrogens with one attached hydrogen (secondary N) is 2. The molecule has 0 bridgehead atoms. The van der Waals surface area contributed by atoms with E-state index in [1.807, 2.05) is 55.5 Å². The van der Waals surface area contributed by atoms with Crippen molar-refractivity contribution in [1.29, 1.82) is 0 Å². The molecule has 1 fully saturated rings. The molecule has 0 radical (unpaired) electrons. The Morgan fingerprint density at radius 3 is 2.12 bits per heavy atom. The second-order valence-electron chi connectivity index (χ2n) is 6.88. The molecular weight excluding hydrogens is 348 g/mol. The quantitative estimate of drug-likeness (QED) is 0.734. The molecule has 1 aliphatic carbocycles. The molecule has 0 aromatic heterocycles. The Morgan fingerprint density at radius 2 is 1.50 bits per heavy atom. The van der Waals surface area contributed by atoms with Crippen LogP contribution < -0.4 is 10.6 Å². The fraction of sp³-hybridized carbons (Fsp3) is 0.333. The minimum atomic E-state index is -0.884. The summed E-state index contributed by atoms with van der Waals surface area (Å²) in [5.41, 5.74) is 2.43. The van der Waals surface area contributed by atoms with Crippen molar-refractivity contribution in [3.63, 3.8) is 0 Å². The van der Waals surface area contributed by atoms with Crippen LogP contribution in [0.1, 0.15) is 29.5 Å². The van der Waals surface area contributed by atoms with Gasteiger partial charge in [0.15, 0.2) is 0 Å². The average Bonchev–Trinajstić information content (AvgIpc) is 3.45. The molecule has 2 N–H and O–H groups in total. The summed E-state index contributed by atoms with van der Waals surface area (Å²) in [5.74, 6) is -0.352. The number of hydrogen-bond acceptors (Lipinski definition) is 2. The Balaban J connectivity index is 1.47. The molecule has 2 aromatic carbocycles. The third kappa shape index (κ3) is 4.44. The van der Waals surface area contributed by atoms with E-state index in [1.165, 1.54) is 5.56 Å². The summed E-state index contributed by atoms with van der Waals surface area (Å²) >= 11 is 5.87. The van der Waals surface area contributed by atoms with Gasteiger partial charge in [-0.3, -0.25) is 9.59 Å². The first kappa shape index (κ1) is 18.5. The van der Waals surface area contributed by atoms with E-state index >= 15 is 0 Å². The molecule has 2 aromatic rings. The second-order valence-corrected chi connectivity index (χ2v) is 7.32. The van der Waals surface area contributed by atoms with Crippen molar-refractivity contribution in [1.82, 2.24) is 10.6 Å².